The molecule has 6 aliphatic rings. The molecule has 0 unspecified atom stereocenters. The van der Waals surface area contributed by atoms with Crippen LogP contribution in [-0.4, -0.2) is 41.1 Å². The number of ether oxygens (including phenoxy) is 2. The number of halogens is 1. The maximum Gasteiger partial charge on any atom is 0.329 e. The highest BCUT2D eigenvalue weighted by molar-refractivity contribution is 5.98. The van der Waals surface area contributed by atoms with Gasteiger partial charge in [-0.05, 0) is 120 Å². The molecular formula is C29H38FNO4. The molecule has 0 N–H and O–H groups in total. The largest absolute Gasteiger partial charge is 0.489 e. The molecule has 7 rings (SSSR count). The van der Waals surface area contributed by atoms with Crippen LogP contribution in [-0.2, 0) is 9.53 Å². The van der Waals surface area contributed by atoms with E-state index >= 15 is 4.39 Å². The first-order chi connectivity index (χ1) is 16.7. The standard InChI is InChI=1S/C29H38FNO4/c1-29(2,3)35-28(33)24-5-4-8-31(24)27(32)22-14-21(18-6-7-18)25(15-23(22)30)34-26-19-10-16-9-17(12-19)13-20(26)11-16/h14-20,24,26H,4-13H2,1-3H3/t16?,17?,19?,20?,24-,26?/m0/s1. The van der Waals surface area contributed by atoms with Crippen LogP contribution >= 0.6 is 0 Å². The zero-order chi connectivity index (χ0) is 24.5. The average Bonchev–Trinajstić information content (AvgIpc) is 3.49. The molecular weight excluding hydrogens is 445 g/mol. The van der Waals surface area contributed by atoms with Gasteiger partial charge in [0.25, 0.3) is 5.91 Å². The van der Waals surface area contributed by atoms with Gasteiger partial charge in [0.05, 0.1) is 5.56 Å². The number of hydrogen-bond acceptors (Lipinski definition) is 4. The molecule has 35 heavy (non-hydrogen) atoms. The number of amides is 1. The summed E-state index contributed by atoms with van der Waals surface area (Å²) in [7, 11) is 0. The minimum atomic E-state index is -0.658. The third-order valence-electron chi connectivity index (χ3n) is 8.94. The van der Waals surface area contributed by atoms with Crippen LogP contribution in [0, 0.1) is 29.5 Å². The van der Waals surface area contributed by atoms with Gasteiger partial charge in [-0.25, -0.2) is 9.18 Å². The van der Waals surface area contributed by atoms with Crippen LogP contribution in [0.2, 0.25) is 0 Å². The van der Waals surface area contributed by atoms with Gasteiger partial charge in [0.2, 0.25) is 0 Å². The molecule has 6 fully saturated rings. The summed E-state index contributed by atoms with van der Waals surface area (Å²) in [6.45, 7) is 5.88. The fourth-order valence-corrected chi connectivity index (χ4v) is 7.54. The molecule has 6 heteroatoms. The summed E-state index contributed by atoms with van der Waals surface area (Å²) in [6, 6.07) is 2.53. The van der Waals surface area contributed by atoms with Crippen molar-refractivity contribution in [3.05, 3.63) is 29.1 Å². The van der Waals surface area contributed by atoms with Crippen molar-refractivity contribution in [1.82, 2.24) is 4.90 Å². The smallest absolute Gasteiger partial charge is 0.329 e. The topological polar surface area (TPSA) is 55.8 Å². The lowest BCUT2D eigenvalue weighted by Crippen LogP contribution is -2.50. The molecule has 190 valence electrons. The molecule has 1 amide bonds. The third kappa shape index (κ3) is 4.46. The highest BCUT2D eigenvalue weighted by atomic mass is 19.1. The summed E-state index contributed by atoms with van der Waals surface area (Å²) in [5.41, 5.74) is 0.395. The van der Waals surface area contributed by atoms with Crippen molar-refractivity contribution in [3.8, 4) is 5.75 Å². The summed E-state index contributed by atoms with van der Waals surface area (Å²) < 4.78 is 27.7. The van der Waals surface area contributed by atoms with E-state index in [9.17, 15) is 9.59 Å². The Hall–Kier alpha value is -2.11. The summed E-state index contributed by atoms with van der Waals surface area (Å²) in [5.74, 6) is 2.48. The van der Waals surface area contributed by atoms with E-state index in [0.29, 0.717) is 42.9 Å². The van der Waals surface area contributed by atoms with Crippen LogP contribution < -0.4 is 4.74 Å². The maximum atomic E-state index is 15.5. The van der Waals surface area contributed by atoms with Gasteiger partial charge in [-0.1, -0.05) is 0 Å². The molecule has 1 aromatic carbocycles. The van der Waals surface area contributed by atoms with Gasteiger partial charge in [-0.2, -0.15) is 0 Å². The highest BCUT2D eigenvalue weighted by Gasteiger charge is 2.50. The number of benzene rings is 1. The van der Waals surface area contributed by atoms with Gasteiger partial charge >= 0.3 is 5.97 Å². The molecule has 1 heterocycles. The van der Waals surface area contributed by atoms with Gasteiger partial charge in [-0.15, -0.1) is 0 Å². The van der Waals surface area contributed by atoms with Crippen molar-refractivity contribution in [2.75, 3.05) is 6.54 Å². The van der Waals surface area contributed by atoms with Crippen LogP contribution in [0.15, 0.2) is 12.1 Å². The Morgan fingerprint density at radius 2 is 1.63 bits per heavy atom. The Kier molecular flexibility index (Phi) is 5.65. The van der Waals surface area contributed by atoms with Crippen molar-refractivity contribution in [1.29, 1.82) is 0 Å². The van der Waals surface area contributed by atoms with Crippen molar-refractivity contribution in [2.45, 2.75) is 102 Å². The highest BCUT2D eigenvalue weighted by Crippen LogP contribution is 2.55. The van der Waals surface area contributed by atoms with Crippen LogP contribution in [0.4, 0.5) is 4.39 Å². The van der Waals surface area contributed by atoms with E-state index in [-0.39, 0.29) is 11.7 Å². The molecule has 0 radical (unpaired) electrons. The summed E-state index contributed by atoms with van der Waals surface area (Å²) in [5, 5.41) is 0. The first kappa shape index (κ1) is 23.3. The van der Waals surface area contributed by atoms with E-state index in [0.717, 1.165) is 30.2 Å². The van der Waals surface area contributed by atoms with Crippen molar-refractivity contribution in [3.63, 3.8) is 0 Å². The second kappa shape index (κ2) is 8.48. The Balaban J connectivity index is 1.24. The van der Waals surface area contributed by atoms with Crippen molar-refractivity contribution < 1.29 is 23.5 Å². The molecule has 1 aliphatic heterocycles. The molecule has 4 bridgehead atoms. The second-order valence-corrected chi connectivity index (χ2v) is 12.8. The molecule has 5 aliphatic carbocycles. The van der Waals surface area contributed by atoms with Crippen molar-refractivity contribution in [2.24, 2.45) is 23.7 Å². The summed E-state index contributed by atoms with van der Waals surface area (Å²) in [4.78, 5) is 27.7. The molecule has 5 saturated carbocycles. The zero-order valence-corrected chi connectivity index (χ0v) is 21.2. The van der Waals surface area contributed by atoms with Gasteiger partial charge in [-0.3, -0.25) is 4.79 Å². The van der Waals surface area contributed by atoms with E-state index in [1.807, 2.05) is 20.8 Å². The molecule has 0 spiro atoms. The van der Waals surface area contributed by atoms with Crippen LogP contribution in [0.1, 0.15) is 100 Å². The quantitative estimate of drug-likeness (QED) is 0.493. The minimum absolute atomic E-state index is 0.0554. The lowest BCUT2D eigenvalue weighted by Gasteiger charge is -2.53. The number of carbonyl (C=O) groups is 2. The average molecular weight is 484 g/mol. The lowest BCUT2D eigenvalue weighted by molar-refractivity contribution is -0.159. The Morgan fingerprint density at radius 3 is 2.23 bits per heavy atom. The van der Waals surface area contributed by atoms with E-state index in [4.69, 9.17) is 9.47 Å². The lowest BCUT2D eigenvalue weighted by atomic mass is 9.55. The normalized spacial score (nSPS) is 33.8. The first-order valence-electron chi connectivity index (χ1n) is 13.7. The van der Waals surface area contributed by atoms with E-state index < -0.39 is 29.3 Å². The third-order valence-corrected chi connectivity index (χ3v) is 8.94. The SMILES string of the molecule is CC(C)(C)OC(=O)[C@@H]1CCCN1C(=O)c1cc(C2CC2)c(OC2C3CC4CC(C3)CC2C4)cc1F. The van der Waals surface area contributed by atoms with Gasteiger partial charge in [0, 0.05) is 12.6 Å². The number of nitrogens with zero attached hydrogens (tertiary/aromatic N) is 1. The fourth-order valence-electron chi connectivity index (χ4n) is 7.54. The molecule has 1 saturated heterocycles. The van der Waals surface area contributed by atoms with E-state index in [2.05, 4.69) is 0 Å². The monoisotopic (exact) mass is 483 g/mol. The number of esters is 1. The Labute approximate surface area is 207 Å². The molecule has 1 atom stereocenters. The van der Waals surface area contributed by atoms with E-state index in [1.165, 1.54) is 43.1 Å². The van der Waals surface area contributed by atoms with Crippen molar-refractivity contribution >= 4 is 11.9 Å². The van der Waals surface area contributed by atoms with Gasteiger partial charge in [0.15, 0.2) is 0 Å². The van der Waals surface area contributed by atoms with Crippen LogP contribution in [0.5, 0.6) is 5.75 Å². The number of rotatable bonds is 5. The summed E-state index contributed by atoms with van der Waals surface area (Å²) >= 11 is 0. The second-order valence-electron chi connectivity index (χ2n) is 12.8. The predicted octanol–water partition coefficient (Wildman–Crippen LogP) is 5.85. The summed E-state index contributed by atoms with van der Waals surface area (Å²) in [6.07, 6.45) is 9.89. The van der Waals surface area contributed by atoms with Crippen LogP contribution in [0.3, 0.4) is 0 Å². The van der Waals surface area contributed by atoms with Crippen LogP contribution in [0.25, 0.3) is 0 Å². The maximum absolute atomic E-state index is 15.5. The zero-order valence-electron chi connectivity index (χ0n) is 21.2. The first-order valence-corrected chi connectivity index (χ1v) is 13.7. The predicted molar refractivity (Wildman–Crippen MR) is 130 cm³/mol. The van der Waals surface area contributed by atoms with Gasteiger partial charge < -0.3 is 14.4 Å². The Bertz CT molecular complexity index is 998. The molecule has 5 nitrogen and oxygen atoms in total. The fraction of sp³-hybridized carbons (Fsp3) is 0.724. The molecule has 1 aromatic rings. The van der Waals surface area contributed by atoms with E-state index in [1.54, 1.807) is 6.07 Å². The number of hydrogen-bond donors (Lipinski definition) is 0. The number of likely N-dealkylation sites (tertiary alicyclic amines) is 1. The Morgan fingerprint density at radius 1 is 0.971 bits per heavy atom. The van der Waals surface area contributed by atoms with Gasteiger partial charge in [0.1, 0.15) is 29.3 Å². The molecule has 0 aromatic heterocycles. The minimum Gasteiger partial charge on any atom is -0.489 e. The number of carbonyl (C=O) groups excluding carboxylic acids is 2.